The van der Waals surface area contributed by atoms with E-state index in [0.717, 1.165) is 22.1 Å². The zero-order valence-corrected chi connectivity index (χ0v) is 13.6. The molecule has 1 heterocycles. The second kappa shape index (κ2) is 6.85. The van der Waals surface area contributed by atoms with Crippen LogP contribution in [0, 0.1) is 0 Å². The van der Waals surface area contributed by atoms with Gasteiger partial charge in [0.1, 0.15) is 26.3 Å². The number of hydrogen-bond acceptors (Lipinski definition) is 4. The number of likely N-dealkylation sites (N-methyl/N-ethyl adjacent to an activating group) is 2. The maximum Gasteiger partial charge on any atom is 0.233 e. The van der Waals surface area contributed by atoms with Gasteiger partial charge in [0.15, 0.2) is 0 Å². The van der Waals surface area contributed by atoms with E-state index >= 15 is 0 Å². The standard InChI is InChI=1S/C14H28N4O2/c1-17(2,3)9-11-19-13-7-8-14(16-15-13)20-12-10-18(4,5)6/h7-8H,9-12H2,1-6H3/q+2. The van der Waals surface area contributed by atoms with Crippen LogP contribution < -0.4 is 9.47 Å². The van der Waals surface area contributed by atoms with Crippen molar-refractivity contribution in [2.45, 2.75) is 0 Å². The minimum absolute atomic E-state index is 0.539. The Balaban J connectivity index is 2.33. The lowest BCUT2D eigenvalue weighted by Gasteiger charge is -2.23. The molecule has 20 heavy (non-hydrogen) atoms. The third-order valence-electron chi connectivity index (χ3n) is 2.64. The van der Waals surface area contributed by atoms with Gasteiger partial charge in [-0.2, -0.15) is 0 Å². The van der Waals surface area contributed by atoms with Crippen LogP contribution in [0.25, 0.3) is 0 Å². The first-order valence-electron chi connectivity index (χ1n) is 6.86. The number of hydrogen-bond donors (Lipinski definition) is 0. The Hall–Kier alpha value is -1.40. The van der Waals surface area contributed by atoms with Crippen molar-refractivity contribution in [3.63, 3.8) is 0 Å². The van der Waals surface area contributed by atoms with Gasteiger partial charge in [0, 0.05) is 12.1 Å². The van der Waals surface area contributed by atoms with E-state index in [1.165, 1.54) is 0 Å². The highest BCUT2D eigenvalue weighted by atomic mass is 16.5. The lowest BCUT2D eigenvalue weighted by atomic mass is 10.5. The highest BCUT2D eigenvalue weighted by Crippen LogP contribution is 2.10. The van der Waals surface area contributed by atoms with Crippen LogP contribution in [0.4, 0.5) is 0 Å². The third-order valence-corrected chi connectivity index (χ3v) is 2.64. The zero-order valence-electron chi connectivity index (χ0n) is 13.6. The molecule has 0 spiro atoms. The number of rotatable bonds is 8. The summed E-state index contributed by atoms with van der Waals surface area (Å²) >= 11 is 0. The Morgan fingerprint density at radius 2 is 1.10 bits per heavy atom. The van der Waals surface area contributed by atoms with Gasteiger partial charge in [-0.25, -0.2) is 0 Å². The van der Waals surface area contributed by atoms with Crippen LogP contribution >= 0.6 is 0 Å². The molecule has 1 aromatic rings. The molecule has 0 amide bonds. The summed E-state index contributed by atoms with van der Waals surface area (Å²) in [6.45, 7) is 3.09. The Kier molecular flexibility index (Phi) is 5.71. The molecule has 0 fully saturated rings. The fourth-order valence-electron chi connectivity index (χ4n) is 1.31. The van der Waals surface area contributed by atoms with Crippen molar-refractivity contribution in [1.29, 1.82) is 0 Å². The summed E-state index contributed by atoms with van der Waals surface area (Å²) in [5, 5.41) is 8.01. The Morgan fingerprint density at radius 1 is 0.750 bits per heavy atom. The molecule has 0 aliphatic rings. The first-order valence-corrected chi connectivity index (χ1v) is 6.86. The van der Waals surface area contributed by atoms with Crippen LogP contribution in [0.1, 0.15) is 0 Å². The van der Waals surface area contributed by atoms with E-state index in [-0.39, 0.29) is 0 Å². The number of ether oxygens (including phenoxy) is 2. The van der Waals surface area contributed by atoms with Crippen molar-refractivity contribution in [1.82, 2.24) is 10.2 Å². The average Bonchev–Trinajstić information content (AvgIpc) is 2.28. The average molecular weight is 284 g/mol. The second-order valence-electron chi connectivity index (χ2n) is 6.93. The van der Waals surface area contributed by atoms with E-state index in [9.17, 15) is 0 Å². The van der Waals surface area contributed by atoms with Crippen LogP contribution in [0.15, 0.2) is 12.1 Å². The Morgan fingerprint density at radius 3 is 1.35 bits per heavy atom. The molecule has 6 nitrogen and oxygen atoms in total. The van der Waals surface area contributed by atoms with Crippen LogP contribution in [0.2, 0.25) is 0 Å². The molecule has 0 aromatic carbocycles. The molecule has 0 saturated heterocycles. The summed E-state index contributed by atoms with van der Waals surface area (Å²) in [6.07, 6.45) is 0. The predicted octanol–water partition coefficient (Wildman–Crippen LogP) is 0.647. The molecule has 114 valence electrons. The molecule has 6 heteroatoms. The quantitative estimate of drug-likeness (QED) is 0.657. The number of nitrogens with zero attached hydrogens (tertiary/aromatic N) is 4. The lowest BCUT2D eigenvalue weighted by Crippen LogP contribution is -2.38. The van der Waals surface area contributed by atoms with Gasteiger partial charge in [0.2, 0.25) is 11.8 Å². The molecule has 0 bridgehead atoms. The molecule has 0 radical (unpaired) electrons. The smallest absolute Gasteiger partial charge is 0.233 e. The third kappa shape index (κ3) is 7.91. The van der Waals surface area contributed by atoms with Gasteiger partial charge >= 0.3 is 0 Å². The van der Waals surface area contributed by atoms with Crippen LogP contribution in [-0.4, -0.2) is 87.8 Å². The molecule has 1 aromatic heterocycles. The van der Waals surface area contributed by atoms with Crippen molar-refractivity contribution in [2.24, 2.45) is 0 Å². The number of aromatic nitrogens is 2. The van der Waals surface area contributed by atoms with E-state index in [2.05, 4.69) is 52.5 Å². The minimum Gasteiger partial charge on any atom is -0.471 e. The van der Waals surface area contributed by atoms with Gasteiger partial charge in [0.25, 0.3) is 0 Å². The molecule has 0 saturated carbocycles. The van der Waals surface area contributed by atoms with E-state index in [1.54, 1.807) is 12.1 Å². The molecular weight excluding hydrogens is 256 g/mol. The van der Waals surface area contributed by atoms with Crippen LogP contribution in [0.3, 0.4) is 0 Å². The molecule has 0 unspecified atom stereocenters. The van der Waals surface area contributed by atoms with Gasteiger partial charge in [-0.3, -0.25) is 0 Å². The zero-order chi connectivity index (χ0) is 15.2. The normalized spacial score (nSPS) is 12.3. The summed E-state index contributed by atoms with van der Waals surface area (Å²) in [5.41, 5.74) is 0. The molecule has 0 atom stereocenters. The summed E-state index contributed by atoms with van der Waals surface area (Å²) in [5.74, 6) is 1.08. The first-order chi connectivity index (χ1) is 9.16. The molecule has 0 N–H and O–H groups in total. The Labute approximate surface area is 122 Å². The maximum absolute atomic E-state index is 5.55. The molecular formula is C14H28N4O2+2. The van der Waals surface area contributed by atoms with Gasteiger partial charge in [-0.1, -0.05) is 0 Å². The van der Waals surface area contributed by atoms with Crippen molar-refractivity contribution in [3.05, 3.63) is 12.1 Å². The fourth-order valence-corrected chi connectivity index (χ4v) is 1.31. The molecule has 0 aliphatic heterocycles. The molecule has 1 rings (SSSR count). The van der Waals surface area contributed by atoms with Crippen molar-refractivity contribution < 1.29 is 18.4 Å². The van der Waals surface area contributed by atoms with Crippen molar-refractivity contribution in [3.8, 4) is 11.8 Å². The van der Waals surface area contributed by atoms with E-state index in [4.69, 9.17) is 9.47 Å². The van der Waals surface area contributed by atoms with Crippen molar-refractivity contribution in [2.75, 3.05) is 68.6 Å². The maximum atomic E-state index is 5.55. The monoisotopic (exact) mass is 284 g/mol. The highest BCUT2D eigenvalue weighted by Gasteiger charge is 2.09. The van der Waals surface area contributed by atoms with E-state index in [0.29, 0.717) is 25.0 Å². The highest BCUT2D eigenvalue weighted by molar-refractivity contribution is 5.15. The van der Waals surface area contributed by atoms with E-state index in [1.807, 2.05) is 0 Å². The van der Waals surface area contributed by atoms with Gasteiger partial charge in [-0.05, 0) is 0 Å². The SMILES string of the molecule is C[N+](C)(C)CCOc1ccc(OCC[N+](C)(C)C)nn1. The van der Waals surface area contributed by atoms with Crippen LogP contribution in [0.5, 0.6) is 11.8 Å². The summed E-state index contributed by atoms with van der Waals surface area (Å²) in [7, 11) is 12.7. The summed E-state index contributed by atoms with van der Waals surface area (Å²) in [6, 6.07) is 3.59. The van der Waals surface area contributed by atoms with Crippen molar-refractivity contribution >= 4 is 0 Å². The summed E-state index contributed by atoms with van der Waals surface area (Å²) in [4.78, 5) is 0. The molecule has 0 aliphatic carbocycles. The lowest BCUT2D eigenvalue weighted by molar-refractivity contribution is -0.870. The topological polar surface area (TPSA) is 44.2 Å². The second-order valence-corrected chi connectivity index (χ2v) is 6.93. The van der Waals surface area contributed by atoms with Gasteiger partial charge in [0.05, 0.1) is 42.3 Å². The summed E-state index contributed by atoms with van der Waals surface area (Å²) < 4.78 is 12.8. The van der Waals surface area contributed by atoms with E-state index < -0.39 is 0 Å². The first kappa shape index (κ1) is 16.7. The number of quaternary nitrogens is 2. The predicted molar refractivity (Wildman–Crippen MR) is 78.8 cm³/mol. The van der Waals surface area contributed by atoms with Crippen LogP contribution in [-0.2, 0) is 0 Å². The Bertz CT molecular complexity index is 354. The minimum atomic E-state index is 0.539. The largest absolute Gasteiger partial charge is 0.471 e. The fraction of sp³-hybridized carbons (Fsp3) is 0.714. The van der Waals surface area contributed by atoms with Gasteiger partial charge in [-0.15, -0.1) is 10.2 Å². The van der Waals surface area contributed by atoms with Gasteiger partial charge < -0.3 is 18.4 Å².